The van der Waals surface area contributed by atoms with Crippen LogP contribution in [0.1, 0.15) is 11.1 Å². The summed E-state index contributed by atoms with van der Waals surface area (Å²) in [5, 5.41) is 1.06. The monoisotopic (exact) mass is 361 g/mol. The van der Waals surface area contributed by atoms with Crippen molar-refractivity contribution in [3.05, 3.63) is 64.1 Å². The van der Waals surface area contributed by atoms with E-state index < -0.39 is 0 Å². The molecule has 0 unspecified atom stereocenters. The molecule has 0 aliphatic rings. The highest BCUT2D eigenvalue weighted by Gasteiger charge is 2.08. The van der Waals surface area contributed by atoms with Crippen LogP contribution in [0.25, 0.3) is 10.9 Å². The average Bonchev–Trinajstić information content (AvgIpc) is 2.49. The minimum absolute atomic E-state index is 0.425. The molecule has 1 aromatic heterocycles. The molecule has 4 heteroatoms. The second-order valence-electron chi connectivity index (χ2n) is 4.81. The lowest BCUT2D eigenvalue weighted by molar-refractivity contribution is 0.461. The fourth-order valence-electron chi connectivity index (χ4n) is 2.18. The van der Waals surface area contributed by atoms with Crippen molar-refractivity contribution >= 4 is 38.4 Å². The van der Waals surface area contributed by atoms with Gasteiger partial charge in [-0.1, -0.05) is 24.3 Å². The van der Waals surface area contributed by atoms with Crippen LogP contribution in [0.5, 0.6) is 11.6 Å². The van der Waals surface area contributed by atoms with Crippen LogP contribution in [0.3, 0.4) is 0 Å². The molecule has 0 bridgehead atoms. The van der Waals surface area contributed by atoms with Gasteiger partial charge in [-0.2, -0.15) is 0 Å². The molecule has 0 amide bonds. The van der Waals surface area contributed by atoms with E-state index in [-0.39, 0.29) is 0 Å². The highest BCUT2D eigenvalue weighted by atomic mass is 79.9. The van der Waals surface area contributed by atoms with Crippen molar-refractivity contribution in [2.75, 3.05) is 0 Å². The van der Waals surface area contributed by atoms with Crippen LogP contribution >= 0.6 is 27.5 Å². The number of fused-ring (bicyclic) bond motifs is 1. The van der Waals surface area contributed by atoms with E-state index in [4.69, 9.17) is 16.3 Å². The first kappa shape index (κ1) is 14.4. The quantitative estimate of drug-likeness (QED) is 0.546. The maximum Gasteiger partial charge on any atom is 0.220 e. The first-order valence-electron chi connectivity index (χ1n) is 6.56. The van der Waals surface area contributed by atoms with Gasteiger partial charge in [-0.3, -0.25) is 0 Å². The zero-order valence-corrected chi connectivity index (χ0v) is 13.8. The Balaban J connectivity index is 2.04. The van der Waals surface area contributed by atoms with Gasteiger partial charge >= 0.3 is 0 Å². The summed E-state index contributed by atoms with van der Waals surface area (Å²) < 4.78 is 6.81. The molecule has 0 aliphatic heterocycles. The van der Waals surface area contributed by atoms with Gasteiger partial charge in [-0.15, -0.1) is 11.6 Å². The fourth-order valence-corrected chi connectivity index (χ4v) is 2.98. The van der Waals surface area contributed by atoms with Crippen molar-refractivity contribution in [1.82, 2.24) is 4.98 Å². The minimum atomic E-state index is 0.425. The Hall–Kier alpha value is -1.58. The lowest BCUT2D eigenvalue weighted by Crippen LogP contribution is -1.93. The highest BCUT2D eigenvalue weighted by molar-refractivity contribution is 9.10. The Morgan fingerprint density at radius 2 is 1.95 bits per heavy atom. The molecule has 2 aromatic carbocycles. The Morgan fingerprint density at radius 3 is 2.71 bits per heavy atom. The number of nitrogens with zero attached hydrogens (tertiary/aromatic N) is 1. The van der Waals surface area contributed by atoms with Gasteiger partial charge in [0.2, 0.25) is 5.88 Å². The second-order valence-corrected chi connectivity index (χ2v) is 5.93. The minimum Gasteiger partial charge on any atom is -0.438 e. The van der Waals surface area contributed by atoms with E-state index in [1.165, 1.54) is 5.56 Å². The maximum atomic E-state index is 6.04. The van der Waals surface area contributed by atoms with Gasteiger partial charge in [-0.05, 0) is 52.2 Å². The average molecular weight is 363 g/mol. The smallest absolute Gasteiger partial charge is 0.220 e. The summed E-state index contributed by atoms with van der Waals surface area (Å²) in [6, 6.07) is 15.8. The summed E-state index contributed by atoms with van der Waals surface area (Å²) in [7, 11) is 0. The first-order valence-corrected chi connectivity index (χ1v) is 7.89. The molecular weight excluding hydrogens is 350 g/mol. The summed E-state index contributed by atoms with van der Waals surface area (Å²) in [6.45, 7) is 2.04. The van der Waals surface area contributed by atoms with Crippen LogP contribution in [-0.4, -0.2) is 4.98 Å². The maximum absolute atomic E-state index is 6.04. The van der Waals surface area contributed by atoms with Crippen molar-refractivity contribution in [3.63, 3.8) is 0 Å². The molecular formula is C17H13BrClNO. The van der Waals surface area contributed by atoms with Crippen LogP contribution < -0.4 is 4.74 Å². The fraction of sp³-hybridized carbons (Fsp3) is 0.118. The molecule has 0 radical (unpaired) electrons. The number of ether oxygens (including phenoxy) is 1. The summed E-state index contributed by atoms with van der Waals surface area (Å²) in [5.41, 5.74) is 3.07. The van der Waals surface area contributed by atoms with E-state index in [9.17, 15) is 0 Å². The van der Waals surface area contributed by atoms with Crippen LogP contribution in [-0.2, 0) is 5.88 Å². The van der Waals surface area contributed by atoms with Gasteiger partial charge < -0.3 is 4.74 Å². The second kappa shape index (κ2) is 6.04. The van der Waals surface area contributed by atoms with Gasteiger partial charge in [0.1, 0.15) is 5.75 Å². The standard InChI is InChI=1S/C17H13BrClNO/c1-11-6-7-16(14(18)8-11)21-17-9-12(10-19)13-4-2-3-5-15(13)20-17/h2-9H,10H2,1H3. The molecule has 0 fully saturated rings. The third kappa shape index (κ3) is 3.04. The molecule has 0 N–H and O–H groups in total. The molecule has 0 atom stereocenters. The number of rotatable bonds is 3. The Morgan fingerprint density at radius 1 is 1.14 bits per heavy atom. The lowest BCUT2D eigenvalue weighted by atomic mass is 10.1. The van der Waals surface area contributed by atoms with Gasteiger partial charge in [-0.25, -0.2) is 4.98 Å². The molecule has 3 aromatic rings. The number of alkyl halides is 1. The number of halogens is 2. The van der Waals surface area contributed by atoms with Gasteiger partial charge in [0.05, 0.1) is 9.99 Å². The highest BCUT2D eigenvalue weighted by Crippen LogP contribution is 2.31. The van der Waals surface area contributed by atoms with Crippen molar-refractivity contribution in [2.45, 2.75) is 12.8 Å². The number of hydrogen-bond acceptors (Lipinski definition) is 2. The molecule has 21 heavy (non-hydrogen) atoms. The van der Waals surface area contributed by atoms with Crippen LogP contribution in [0.15, 0.2) is 53.0 Å². The van der Waals surface area contributed by atoms with Crippen molar-refractivity contribution in [2.24, 2.45) is 0 Å². The molecule has 0 saturated carbocycles. The third-order valence-electron chi connectivity index (χ3n) is 3.22. The molecule has 0 saturated heterocycles. The molecule has 3 rings (SSSR count). The predicted octanol–water partition coefficient (Wildman–Crippen LogP) is 5.84. The summed E-state index contributed by atoms with van der Waals surface area (Å²) >= 11 is 9.55. The zero-order valence-electron chi connectivity index (χ0n) is 11.4. The normalized spacial score (nSPS) is 10.8. The van der Waals surface area contributed by atoms with E-state index >= 15 is 0 Å². The molecule has 106 valence electrons. The van der Waals surface area contributed by atoms with Crippen LogP contribution in [0.4, 0.5) is 0 Å². The van der Waals surface area contributed by atoms with E-state index in [2.05, 4.69) is 20.9 Å². The van der Waals surface area contributed by atoms with Crippen LogP contribution in [0, 0.1) is 6.92 Å². The SMILES string of the molecule is Cc1ccc(Oc2cc(CCl)c3ccccc3n2)c(Br)c1. The summed E-state index contributed by atoms with van der Waals surface area (Å²) in [6.07, 6.45) is 0. The number of benzene rings is 2. The van der Waals surface area contributed by atoms with E-state index in [0.717, 1.165) is 26.7 Å². The van der Waals surface area contributed by atoms with Gasteiger partial charge in [0.25, 0.3) is 0 Å². The molecule has 1 heterocycles. The largest absolute Gasteiger partial charge is 0.438 e. The zero-order chi connectivity index (χ0) is 14.8. The third-order valence-corrected chi connectivity index (χ3v) is 4.13. The Labute approximate surface area is 136 Å². The summed E-state index contributed by atoms with van der Waals surface area (Å²) in [5.74, 6) is 1.71. The topological polar surface area (TPSA) is 22.1 Å². The van der Waals surface area contributed by atoms with Crippen molar-refractivity contribution < 1.29 is 4.74 Å². The molecule has 0 spiro atoms. The first-order chi connectivity index (χ1) is 10.2. The Kier molecular flexibility index (Phi) is 4.13. The number of aryl methyl sites for hydroxylation is 1. The number of hydrogen-bond donors (Lipinski definition) is 0. The molecule has 0 aliphatic carbocycles. The van der Waals surface area contributed by atoms with E-state index in [0.29, 0.717) is 11.8 Å². The van der Waals surface area contributed by atoms with E-state index in [1.54, 1.807) is 0 Å². The number of aromatic nitrogens is 1. The summed E-state index contributed by atoms with van der Waals surface area (Å²) in [4.78, 5) is 4.54. The molecule has 2 nitrogen and oxygen atoms in total. The predicted molar refractivity (Wildman–Crippen MR) is 90.3 cm³/mol. The van der Waals surface area contributed by atoms with Crippen molar-refractivity contribution in [3.8, 4) is 11.6 Å². The van der Waals surface area contributed by atoms with Crippen molar-refractivity contribution in [1.29, 1.82) is 0 Å². The van der Waals surface area contributed by atoms with E-state index in [1.807, 2.05) is 55.5 Å². The van der Waals surface area contributed by atoms with Gasteiger partial charge in [0, 0.05) is 17.3 Å². The van der Waals surface area contributed by atoms with Crippen LogP contribution in [0.2, 0.25) is 0 Å². The van der Waals surface area contributed by atoms with Gasteiger partial charge in [0.15, 0.2) is 0 Å². The lowest BCUT2D eigenvalue weighted by Gasteiger charge is -2.10. The Bertz CT molecular complexity index is 804. The number of pyridine rings is 1. The number of para-hydroxylation sites is 1.